The number of carbonyl (C=O) groups excluding carboxylic acids is 1. The lowest BCUT2D eigenvalue weighted by Crippen LogP contribution is -2.38. The molecule has 2 atom stereocenters. The van der Waals surface area contributed by atoms with Crippen LogP contribution in [0.2, 0.25) is 0 Å². The summed E-state index contributed by atoms with van der Waals surface area (Å²) in [6.45, 7) is 2.41. The van der Waals surface area contributed by atoms with Gasteiger partial charge in [0.1, 0.15) is 17.1 Å². The minimum absolute atomic E-state index is 0.000453. The van der Waals surface area contributed by atoms with E-state index in [1.807, 2.05) is 0 Å². The molecule has 1 fully saturated rings. The van der Waals surface area contributed by atoms with Crippen LogP contribution in [0.3, 0.4) is 0 Å². The number of hydrogen-bond donors (Lipinski definition) is 6. The lowest BCUT2D eigenvalue weighted by molar-refractivity contribution is -0.127. The van der Waals surface area contributed by atoms with Crippen LogP contribution in [-0.2, 0) is 11.2 Å². The number of amides is 1. The Morgan fingerprint density at radius 1 is 1.43 bits per heavy atom. The quantitative estimate of drug-likeness (QED) is 0.232. The van der Waals surface area contributed by atoms with E-state index >= 15 is 0 Å². The summed E-state index contributed by atoms with van der Waals surface area (Å²) < 4.78 is 4.96. The zero-order valence-electron chi connectivity index (χ0n) is 16.8. The maximum absolute atomic E-state index is 12.5. The Morgan fingerprint density at radius 2 is 2.17 bits per heavy atom. The van der Waals surface area contributed by atoms with E-state index in [1.165, 1.54) is 19.2 Å². The van der Waals surface area contributed by atoms with Gasteiger partial charge in [0.2, 0.25) is 5.91 Å². The van der Waals surface area contributed by atoms with Gasteiger partial charge in [-0.3, -0.25) is 4.79 Å². The van der Waals surface area contributed by atoms with Gasteiger partial charge in [0.25, 0.3) is 0 Å². The van der Waals surface area contributed by atoms with Crippen LogP contribution in [0, 0.1) is 0 Å². The summed E-state index contributed by atoms with van der Waals surface area (Å²) in [5.74, 6) is -1.93. The monoisotopic (exact) mass is 441 g/mol. The molecule has 12 heteroatoms. The van der Waals surface area contributed by atoms with Crippen LogP contribution in [0.4, 0.5) is 0 Å². The molecule has 0 aromatic heterocycles. The number of carboxylic acid groups (broad SMARTS) is 1. The molecule has 1 heterocycles. The van der Waals surface area contributed by atoms with Gasteiger partial charge >= 0.3 is 13.1 Å². The predicted molar refractivity (Wildman–Crippen MR) is 114 cm³/mol. The average Bonchev–Trinajstić information content (AvgIpc) is 3.18. The Hall–Kier alpha value is -1.99. The number of aromatic carboxylic acids is 1. The van der Waals surface area contributed by atoms with Crippen molar-refractivity contribution in [1.29, 1.82) is 0 Å². The van der Waals surface area contributed by atoms with Crippen molar-refractivity contribution in [3.63, 3.8) is 0 Å². The van der Waals surface area contributed by atoms with Crippen molar-refractivity contribution in [3.05, 3.63) is 23.3 Å². The third-order valence-electron chi connectivity index (χ3n) is 4.95. The van der Waals surface area contributed by atoms with Gasteiger partial charge in [0.15, 0.2) is 0 Å². The van der Waals surface area contributed by atoms with Gasteiger partial charge in [-0.2, -0.15) is 11.8 Å². The van der Waals surface area contributed by atoms with Gasteiger partial charge in [0, 0.05) is 37.4 Å². The number of benzene rings is 1. The maximum Gasteiger partial charge on any atom is 0.465 e. The molecule has 2 unspecified atom stereocenters. The summed E-state index contributed by atoms with van der Waals surface area (Å²) in [5.41, 5.74) is 5.30. The van der Waals surface area contributed by atoms with Gasteiger partial charge in [-0.25, -0.2) is 4.79 Å². The van der Waals surface area contributed by atoms with Gasteiger partial charge < -0.3 is 40.9 Å². The van der Waals surface area contributed by atoms with Crippen molar-refractivity contribution >= 4 is 30.8 Å². The van der Waals surface area contributed by atoms with Crippen LogP contribution in [0.1, 0.15) is 22.3 Å². The van der Waals surface area contributed by atoms with Crippen LogP contribution < -0.4 is 15.8 Å². The molecule has 10 nitrogen and oxygen atoms in total. The molecule has 7 N–H and O–H groups in total. The number of nitrogens with two attached hydrogens (primary N) is 1. The highest BCUT2D eigenvalue weighted by Crippen LogP contribution is 2.33. The number of methoxy groups -OCH3 is 1. The number of rotatable bonds is 11. The molecule has 30 heavy (non-hydrogen) atoms. The van der Waals surface area contributed by atoms with Crippen LogP contribution >= 0.6 is 11.8 Å². The summed E-state index contributed by atoms with van der Waals surface area (Å²) in [6.07, 6.45) is 0.798. The average molecular weight is 441 g/mol. The Kier molecular flexibility index (Phi) is 9.24. The Labute approximate surface area is 179 Å². The number of thioether (sulfide) groups is 1. The summed E-state index contributed by atoms with van der Waals surface area (Å²) in [7, 11) is -0.466. The number of likely N-dealkylation sites (tertiary alicyclic amines) is 1. The second-order valence-electron chi connectivity index (χ2n) is 6.99. The normalized spacial score (nSPS) is 17.1. The zero-order valence-corrected chi connectivity index (χ0v) is 17.6. The molecular formula is C18H28BN3O7S. The highest BCUT2D eigenvalue weighted by Gasteiger charge is 2.30. The van der Waals surface area contributed by atoms with E-state index in [2.05, 4.69) is 5.32 Å². The van der Waals surface area contributed by atoms with E-state index < -0.39 is 29.5 Å². The molecule has 0 radical (unpaired) electrons. The molecule has 1 saturated heterocycles. The molecule has 2 rings (SSSR count). The van der Waals surface area contributed by atoms with Crippen LogP contribution in [0.25, 0.3) is 0 Å². The van der Waals surface area contributed by atoms with E-state index in [4.69, 9.17) is 10.5 Å². The fourth-order valence-electron chi connectivity index (χ4n) is 3.33. The molecule has 0 saturated carbocycles. The first kappa shape index (κ1) is 24.3. The third-order valence-corrected chi connectivity index (χ3v) is 6.20. The first-order valence-electron chi connectivity index (χ1n) is 9.59. The lowest BCUT2D eigenvalue weighted by Gasteiger charge is -2.20. The van der Waals surface area contributed by atoms with Crippen LogP contribution in [0.5, 0.6) is 11.5 Å². The Morgan fingerprint density at radius 3 is 2.77 bits per heavy atom. The number of aromatic hydroxyl groups is 1. The molecule has 0 spiro atoms. The fraction of sp³-hybridized carbons (Fsp3) is 0.556. The maximum atomic E-state index is 12.5. The minimum atomic E-state index is -1.75. The first-order valence-corrected chi connectivity index (χ1v) is 10.6. The van der Waals surface area contributed by atoms with Gasteiger partial charge in [-0.15, -0.1) is 0 Å². The lowest BCUT2D eigenvalue weighted by atomic mass is 9.81. The molecule has 1 aromatic rings. The molecule has 1 aliphatic heterocycles. The Balaban J connectivity index is 2.00. The van der Waals surface area contributed by atoms with E-state index in [0.717, 1.165) is 18.2 Å². The predicted octanol–water partition coefficient (Wildman–Crippen LogP) is -1.10. The SMILES string of the molecule is COc1ccc(CC(SCC(=O)N2CCC(NCCN)C2)B(O)O)c(O)c1C(=O)O. The van der Waals surface area contributed by atoms with E-state index in [9.17, 15) is 29.9 Å². The molecule has 0 aliphatic carbocycles. The number of carboxylic acids is 1. The summed E-state index contributed by atoms with van der Waals surface area (Å²) in [4.78, 5) is 25.6. The number of phenols is 1. The minimum Gasteiger partial charge on any atom is -0.507 e. The number of nitrogens with zero attached hydrogens (tertiary/aromatic N) is 1. The molecule has 1 amide bonds. The summed E-state index contributed by atoms with van der Waals surface area (Å²) >= 11 is 1.05. The van der Waals surface area contributed by atoms with Crippen molar-refractivity contribution < 1.29 is 34.6 Å². The van der Waals surface area contributed by atoms with Crippen molar-refractivity contribution in [1.82, 2.24) is 10.2 Å². The fourth-order valence-corrected chi connectivity index (χ4v) is 4.34. The number of ether oxygens (including phenoxy) is 1. The van der Waals surface area contributed by atoms with Crippen LogP contribution in [-0.4, -0.2) is 94.4 Å². The highest BCUT2D eigenvalue weighted by atomic mass is 32.2. The third kappa shape index (κ3) is 6.25. The second-order valence-corrected chi connectivity index (χ2v) is 8.22. The van der Waals surface area contributed by atoms with E-state index in [1.54, 1.807) is 4.90 Å². The summed E-state index contributed by atoms with van der Waals surface area (Å²) in [6, 6.07) is 3.06. The topological polar surface area (TPSA) is 166 Å². The Bertz CT molecular complexity index is 753. The first-order chi connectivity index (χ1) is 14.3. The number of nitrogens with one attached hydrogen (secondary N) is 1. The number of carbonyl (C=O) groups is 2. The molecular weight excluding hydrogens is 413 g/mol. The zero-order chi connectivity index (χ0) is 22.3. The second kappa shape index (κ2) is 11.4. The van der Waals surface area contributed by atoms with E-state index in [-0.39, 0.29) is 35.4 Å². The largest absolute Gasteiger partial charge is 0.507 e. The standard InChI is InChI=1S/C18H28BN3O7S/c1-29-13-3-2-11(17(24)16(13)18(25)26)8-14(19(27)28)30-10-15(23)22-7-4-12(9-22)21-6-5-20/h2-3,12,14,21,24,27-28H,4-10,20H2,1H3,(H,25,26). The van der Waals surface area contributed by atoms with Crippen molar-refractivity contribution in [2.45, 2.75) is 24.0 Å². The van der Waals surface area contributed by atoms with E-state index in [0.29, 0.717) is 26.2 Å². The van der Waals surface area contributed by atoms with Crippen molar-refractivity contribution in [2.24, 2.45) is 5.73 Å². The van der Waals surface area contributed by atoms with Gasteiger partial charge in [-0.1, -0.05) is 6.07 Å². The van der Waals surface area contributed by atoms with Crippen molar-refractivity contribution in [3.8, 4) is 11.5 Å². The smallest absolute Gasteiger partial charge is 0.465 e. The highest BCUT2D eigenvalue weighted by molar-refractivity contribution is 8.01. The molecule has 1 aromatic carbocycles. The number of hydrogen-bond acceptors (Lipinski definition) is 9. The molecule has 1 aliphatic rings. The van der Waals surface area contributed by atoms with Crippen LogP contribution in [0.15, 0.2) is 12.1 Å². The van der Waals surface area contributed by atoms with Gasteiger partial charge in [-0.05, 0) is 24.5 Å². The molecule has 166 valence electrons. The summed E-state index contributed by atoms with van der Waals surface area (Å²) in [5, 5.41) is 41.5. The molecule has 0 bridgehead atoms. The van der Waals surface area contributed by atoms with Crippen molar-refractivity contribution in [2.75, 3.05) is 39.0 Å². The van der Waals surface area contributed by atoms with Gasteiger partial charge in [0.05, 0.1) is 12.9 Å².